The Labute approximate surface area is 573 Å². The van der Waals surface area contributed by atoms with Crippen molar-refractivity contribution in [2.75, 3.05) is 0 Å². The maximum absolute atomic E-state index is 11.1. The summed E-state index contributed by atoms with van der Waals surface area (Å²) in [5.74, 6) is 1.45. The lowest BCUT2D eigenvalue weighted by Crippen LogP contribution is -2.74. The van der Waals surface area contributed by atoms with Crippen LogP contribution in [0.2, 0.25) is 0 Å². The van der Waals surface area contributed by atoms with Gasteiger partial charge < -0.3 is 4.74 Å². The molecule has 15 aromatic rings. The summed E-state index contributed by atoms with van der Waals surface area (Å²) < 4.78 is 242. The molecular formula is C86H68N4OSi. The van der Waals surface area contributed by atoms with Crippen LogP contribution in [0.1, 0.15) is 85.6 Å². The first-order chi connectivity index (χ1) is 54.9. The number of aromatic nitrogens is 4. The Bertz CT molecular complexity index is 6580. The lowest BCUT2D eigenvalue weighted by molar-refractivity contribution is -0.572. The number of para-hydroxylation sites is 2. The van der Waals surface area contributed by atoms with Crippen molar-refractivity contribution in [3.63, 3.8) is 0 Å². The van der Waals surface area contributed by atoms with Gasteiger partial charge in [-0.05, 0) is 153 Å². The van der Waals surface area contributed by atoms with Crippen molar-refractivity contribution in [3.05, 3.63) is 320 Å². The van der Waals surface area contributed by atoms with E-state index in [9.17, 15) is 24.7 Å². The number of benzene rings is 12. The monoisotopic (exact) mass is 1220 g/mol. The second-order valence-corrected chi connectivity index (χ2v) is 28.2. The quantitative estimate of drug-likeness (QED) is 0.0592. The Morgan fingerprint density at radius 2 is 1.03 bits per heavy atom. The molecule has 442 valence electrons. The summed E-state index contributed by atoms with van der Waals surface area (Å²) in [5.41, 5.74) is 6.18. The van der Waals surface area contributed by atoms with Crippen LogP contribution in [0.3, 0.4) is 0 Å². The molecule has 0 spiro atoms. The van der Waals surface area contributed by atoms with Crippen LogP contribution in [0, 0.1) is 6.33 Å². The highest BCUT2D eigenvalue weighted by Gasteiger charge is 2.42. The number of fused-ring (bicyclic) bond motifs is 10. The second kappa shape index (κ2) is 22.2. The predicted molar refractivity (Wildman–Crippen MR) is 384 cm³/mol. The SMILES string of the molecule is [2H]c1c([2H])c([2H])c(-c2cccc3c2-c2cccc(C(C)(C)C)c2-[n+]2[c-]n(-c4cccc(Oc5ccc6c7ccccc7n(-c7cc(C(C)(C)C)ccn7)c6c5)c4)c4cc(-c5c([2H])c([2H])c([2H])c([Si](c6c([2H])c([2H])c([2H])c([2H])c6[2H])(c6c([2H])c([2H])c([2H])c([2H])c6[2H])c6c([2H])c([2H])c([2H])c([2H])c6[2H])c5[2H])cc(c42)-c2ccccc2-3)c([2H])c1[2H]. The molecule has 4 heterocycles. The largest absolute Gasteiger partial charge is 0.458 e. The number of ether oxygens (including phenoxy) is 1. The van der Waals surface area contributed by atoms with E-state index in [0.717, 1.165) is 27.4 Å². The fourth-order valence-corrected chi connectivity index (χ4v) is 16.5. The van der Waals surface area contributed by atoms with E-state index in [1.165, 1.54) is 0 Å². The van der Waals surface area contributed by atoms with Crippen LogP contribution < -0.4 is 30.1 Å². The van der Waals surface area contributed by atoms with Crippen LogP contribution in [0.15, 0.2) is 303 Å². The Kier molecular flexibility index (Phi) is 8.71. The van der Waals surface area contributed by atoms with Crippen molar-refractivity contribution < 1.29 is 42.2 Å². The summed E-state index contributed by atoms with van der Waals surface area (Å²) in [7, 11) is -6.35. The van der Waals surface area contributed by atoms with Crippen LogP contribution in [0.5, 0.6) is 11.5 Å². The predicted octanol–water partition coefficient (Wildman–Crippen LogP) is 18.6. The zero-order valence-corrected chi connectivity index (χ0v) is 51.7. The minimum Gasteiger partial charge on any atom is -0.458 e. The molecule has 0 fully saturated rings. The van der Waals surface area contributed by atoms with Gasteiger partial charge in [0.25, 0.3) is 6.33 Å². The minimum atomic E-state index is -6.35. The van der Waals surface area contributed by atoms with Crippen LogP contribution in [0.4, 0.5) is 0 Å². The molecule has 0 saturated heterocycles. The van der Waals surface area contributed by atoms with Gasteiger partial charge in [-0.2, -0.15) is 0 Å². The average Bonchev–Trinajstić information content (AvgIpc) is 0.838. The van der Waals surface area contributed by atoms with E-state index in [0.29, 0.717) is 73.2 Å². The Morgan fingerprint density at radius 3 is 1.74 bits per heavy atom. The third kappa shape index (κ3) is 9.43. The van der Waals surface area contributed by atoms with E-state index in [4.69, 9.17) is 17.9 Å². The fraction of sp³-hybridized carbons (Fsp3) is 0.0930. The van der Waals surface area contributed by atoms with Crippen molar-refractivity contribution in [1.29, 1.82) is 0 Å². The highest BCUT2D eigenvalue weighted by atomic mass is 28.3. The van der Waals surface area contributed by atoms with E-state index in [2.05, 4.69) is 43.8 Å². The minimum absolute atomic E-state index is 0.0988. The van der Waals surface area contributed by atoms with Gasteiger partial charge in [0.2, 0.25) is 0 Å². The summed E-state index contributed by atoms with van der Waals surface area (Å²) in [4.78, 5) is 4.89. The zero-order valence-electron chi connectivity index (χ0n) is 74.7. The maximum atomic E-state index is 11.1. The summed E-state index contributed by atoms with van der Waals surface area (Å²) >= 11 is 0. The maximum Gasteiger partial charge on any atom is 0.269 e. The summed E-state index contributed by atoms with van der Waals surface area (Å²) in [6.07, 6.45) is 5.54. The first-order valence-electron chi connectivity index (χ1n) is 42.0. The molecule has 0 unspecified atom stereocenters. The van der Waals surface area contributed by atoms with Crippen molar-refractivity contribution in [2.45, 2.75) is 52.4 Å². The van der Waals surface area contributed by atoms with Crippen molar-refractivity contribution in [2.24, 2.45) is 0 Å². The van der Waals surface area contributed by atoms with Gasteiger partial charge in [-0.15, -0.1) is 0 Å². The normalized spacial score (nSPS) is 15.9. The van der Waals surface area contributed by atoms with Crippen LogP contribution >= 0.6 is 0 Å². The number of nitrogens with zero attached hydrogens (tertiary/aromatic N) is 4. The summed E-state index contributed by atoms with van der Waals surface area (Å²) in [6.45, 7) is 12.5. The lowest BCUT2D eigenvalue weighted by atomic mass is 9.80. The number of imidazole rings is 1. The van der Waals surface area contributed by atoms with Crippen molar-refractivity contribution >= 4 is 61.7 Å². The Hall–Kier alpha value is -10.9. The van der Waals surface area contributed by atoms with Gasteiger partial charge in [0.05, 0.1) is 66.3 Å². The van der Waals surface area contributed by atoms with Gasteiger partial charge in [0.15, 0.2) is 8.07 Å². The van der Waals surface area contributed by atoms with Gasteiger partial charge in [-0.3, -0.25) is 13.7 Å². The highest BCUT2D eigenvalue weighted by Crippen LogP contribution is 2.49. The van der Waals surface area contributed by atoms with Gasteiger partial charge in [0.1, 0.15) is 17.3 Å². The summed E-state index contributed by atoms with van der Waals surface area (Å²) in [6, 6.07) is 23.1. The van der Waals surface area contributed by atoms with Crippen LogP contribution in [-0.2, 0) is 10.8 Å². The van der Waals surface area contributed by atoms with Crippen LogP contribution in [0.25, 0.3) is 106 Å². The number of hydrogen-bond acceptors (Lipinski definition) is 2. The number of rotatable bonds is 10. The molecule has 3 aromatic heterocycles. The molecule has 0 atom stereocenters. The molecule has 0 N–H and O–H groups in total. The van der Waals surface area contributed by atoms with E-state index in [1.54, 1.807) is 71.4 Å². The van der Waals surface area contributed by atoms with Gasteiger partial charge in [-0.25, -0.2) is 4.98 Å². The average molecular weight is 1230 g/mol. The molecule has 5 nitrogen and oxygen atoms in total. The Morgan fingerprint density at radius 1 is 0.446 bits per heavy atom. The first kappa shape index (κ1) is 36.1. The topological polar surface area (TPSA) is 35.9 Å². The molecule has 12 aromatic carbocycles. The van der Waals surface area contributed by atoms with E-state index in [1.807, 2.05) is 104 Å². The fourth-order valence-electron chi connectivity index (χ4n) is 13.0. The van der Waals surface area contributed by atoms with Crippen LogP contribution in [-0.4, -0.2) is 22.2 Å². The molecule has 6 heteroatoms. The molecule has 0 saturated carbocycles. The van der Waals surface area contributed by atoms with Gasteiger partial charge >= 0.3 is 0 Å². The summed E-state index contributed by atoms with van der Waals surface area (Å²) in [5, 5.41) is -2.03. The number of hydrogen-bond donors (Lipinski definition) is 0. The molecule has 0 aliphatic carbocycles. The lowest BCUT2D eigenvalue weighted by Gasteiger charge is -2.34. The third-order valence-corrected chi connectivity index (χ3v) is 21.1. The molecule has 0 bridgehead atoms. The van der Waals surface area contributed by atoms with E-state index >= 15 is 0 Å². The molecule has 0 radical (unpaired) electrons. The van der Waals surface area contributed by atoms with Gasteiger partial charge in [0, 0.05) is 23.0 Å². The zero-order chi connectivity index (χ0) is 83.2. The second-order valence-electron chi connectivity index (χ2n) is 24.7. The third-order valence-electron chi connectivity index (χ3n) is 17.1. The molecular weight excluding hydrogens is 1130 g/mol. The molecule has 1 aliphatic rings. The van der Waals surface area contributed by atoms with Gasteiger partial charge in [-0.1, -0.05) is 278 Å². The number of pyridine rings is 1. The molecule has 92 heavy (non-hydrogen) atoms. The highest BCUT2D eigenvalue weighted by molar-refractivity contribution is 7.19. The molecule has 1 aliphatic heterocycles. The van der Waals surface area contributed by atoms with Crippen molar-refractivity contribution in [3.8, 4) is 84.3 Å². The van der Waals surface area contributed by atoms with E-state index in [-0.39, 0.29) is 27.6 Å². The molecule has 16 rings (SSSR count). The first-order valence-corrected chi connectivity index (χ1v) is 32.0. The smallest absolute Gasteiger partial charge is 0.269 e. The van der Waals surface area contributed by atoms with E-state index < -0.39 is 185 Å². The molecule has 0 amide bonds. The Balaban J connectivity index is 1.06. The standard InChI is InChI=1S/C86H68N4OSi/c1-85(2,3)61-49-50-87-81(54-61)90-78-46-22-21-41-72(78)73-48-47-64(56-79(73)90)91-63-31-24-30-62(55-63)88-57-89-83-75(44-26-45-77(83)86(4,5)6)82-69(58-27-11-7-12-28-58)42-25-43-74(82)70-39-19-20-40-71(70)76-52-60(53-80(88)84(76)89)59-29-23-38-68(51-59)92(65-32-13-8-14-33-65,66-34-15-9-16-35-66)67-36-17-10-18-37-67/h7-56H,1-6H3/i7D,8D,9D,10D,11D,12D,13D,14D,15D,16D,17D,18D,23D,27D,28D,29D,32D,33D,34D,35D,36D,37D,38D,51D. The van der Waals surface area contributed by atoms with Crippen molar-refractivity contribution in [1.82, 2.24) is 14.1 Å².